The number of nitrogens with zero attached hydrogens (tertiary/aromatic N) is 3. The fourth-order valence-corrected chi connectivity index (χ4v) is 5.38. The minimum Gasteiger partial charge on any atom is -0.296 e. The maximum absolute atomic E-state index is 12.9. The average Bonchev–Trinajstić information content (AvgIpc) is 2.68. The van der Waals surface area contributed by atoms with Gasteiger partial charge in [0.25, 0.3) is 10.2 Å². The molecule has 0 aliphatic carbocycles. The van der Waals surface area contributed by atoms with Crippen LogP contribution in [0, 0.1) is 0 Å². The summed E-state index contributed by atoms with van der Waals surface area (Å²) in [5.74, 6) is 0. The third-order valence-corrected chi connectivity index (χ3v) is 6.99. The van der Waals surface area contributed by atoms with Crippen molar-refractivity contribution in [2.24, 2.45) is 0 Å². The highest BCUT2D eigenvalue weighted by molar-refractivity contribution is 7.87. The zero-order valence-corrected chi connectivity index (χ0v) is 16.2. The number of fused-ring (bicyclic) bond motifs is 1. The second-order valence-corrected chi connectivity index (χ2v) is 9.07. The van der Waals surface area contributed by atoms with Crippen LogP contribution in [0.1, 0.15) is 29.7 Å². The van der Waals surface area contributed by atoms with Gasteiger partial charge in [0.2, 0.25) is 0 Å². The van der Waals surface area contributed by atoms with Gasteiger partial charge in [-0.2, -0.15) is 17.4 Å². The summed E-state index contributed by atoms with van der Waals surface area (Å²) >= 11 is 0. The Labute approximate surface area is 161 Å². The van der Waals surface area contributed by atoms with Gasteiger partial charge in [-0.15, -0.1) is 0 Å². The Kier molecular flexibility index (Phi) is 5.54. The van der Waals surface area contributed by atoms with E-state index in [1.54, 1.807) is 10.5 Å². The van der Waals surface area contributed by atoms with Gasteiger partial charge < -0.3 is 0 Å². The highest BCUT2D eigenvalue weighted by Gasteiger charge is 2.30. The van der Waals surface area contributed by atoms with Gasteiger partial charge in [0.1, 0.15) is 0 Å². The molecule has 1 fully saturated rings. The fourth-order valence-electron chi connectivity index (χ4n) is 3.98. The zero-order valence-electron chi connectivity index (χ0n) is 15.4. The van der Waals surface area contributed by atoms with Crippen molar-refractivity contribution in [2.45, 2.75) is 38.4 Å². The molecule has 1 N–H and O–H groups in total. The highest BCUT2D eigenvalue weighted by atomic mass is 32.2. The van der Waals surface area contributed by atoms with Gasteiger partial charge in [0.15, 0.2) is 0 Å². The first-order valence-corrected chi connectivity index (χ1v) is 11.0. The Morgan fingerprint density at radius 2 is 1.89 bits per heavy atom. The van der Waals surface area contributed by atoms with Crippen LogP contribution in [-0.4, -0.2) is 48.3 Å². The van der Waals surface area contributed by atoms with Crippen LogP contribution in [0.3, 0.4) is 0 Å². The number of hydrogen-bond donors (Lipinski definition) is 1. The maximum Gasteiger partial charge on any atom is 0.280 e. The molecular weight excluding hydrogens is 360 g/mol. The van der Waals surface area contributed by atoms with Crippen LogP contribution in [0.2, 0.25) is 0 Å². The van der Waals surface area contributed by atoms with E-state index >= 15 is 0 Å². The minimum absolute atomic E-state index is 0.0513. The lowest BCUT2D eigenvalue weighted by molar-refractivity contribution is 0.191. The van der Waals surface area contributed by atoms with E-state index in [0.29, 0.717) is 13.1 Å². The van der Waals surface area contributed by atoms with Gasteiger partial charge in [0.05, 0.1) is 5.69 Å². The molecule has 0 unspecified atom stereocenters. The van der Waals surface area contributed by atoms with Crippen LogP contribution >= 0.6 is 0 Å². The van der Waals surface area contributed by atoms with Crippen molar-refractivity contribution in [2.75, 3.05) is 19.6 Å². The first-order chi connectivity index (χ1) is 13.1. The molecule has 2 aromatic rings. The Bertz CT molecular complexity index is 873. The number of likely N-dealkylation sites (tertiary alicyclic amines) is 1. The van der Waals surface area contributed by atoms with Crippen molar-refractivity contribution in [1.29, 1.82) is 0 Å². The summed E-state index contributed by atoms with van der Waals surface area (Å²) in [7, 11) is -3.48. The predicted octanol–water partition coefficient (Wildman–Crippen LogP) is 1.94. The quantitative estimate of drug-likeness (QED) is 0.853. The van der Waals surface area contributed by atoms with Gasteiger partial charge in [0, 0.05) is 38.4 Å². The number of pyridine rings is 1. The van der Waals surface area contributed by atoms with Gasteiger partial charge in [-0.05, 0) is 49.1 Å². The number of nitrogens with one attached hydrogen (secondary N) is 1. The van der Waals surface area contributed by atoms with Gasteiger partial charge in [-0.25, -0.2) is 0 Å². The third kappa shape index (κ3) is 4.55. The highest BCUT2D eigenvalue weighted by Crippen LogP contribution is 2.21. The van der Waals surface area contributed by atoms with Gasteiger partial charge >= 0.3 is 0 Å². The Morgan fingerprint density at radius 3 is 2.70 bits per heavy atom. The fraction of sp³-hybridized carbons (Fsp3) is 0.450. The molecule has 6 nitrogen and oxygen atoms in total. The lowest BCUT2D eigenvalue weighted by Gasteiger charge is -2.35. The number of hydrogen-bond acceptors (Lipinski definition) is 4. The SMILES string of the molecule is O=S(=O)(N[C@H]1CCCN(Cc2ccccn2)C1)N1CCc2ccccc2C1. The van der Waals surface area contributed by atoms with E-state index in [9.17, 15) is 8.42 Å². The smallest absolute Gasteiger partial charge is 0.280 e. The molecule has 1 aromatic carbocycles. The molecule has 1 aromatic heterocycles. The normalized spacial score (nSPS) is 21.7. The first kappa shape index (κ1) is 18.6. The van der Waals surface area contributed by atoms with Crippen molar-refractivity contribution in [1.82, 2.24) is 18.9 Å². The zero-order chi connectivity index (χ0) is 18.7. The molecule has 0 saturated carbocycles. The molecular formula is C20H26N4O2S. The molecule has 1 saturated heterocycles. The molecule has 2 aliphatic heterocycles. The minimum atomic E-state index is -3.48. The Hall–Kier alpha value is -1.80. The van der Waals surface area contributed by atoms with E-state index in [0.717, 1.165) is 50.2 Å². The van der Waals surface area contributed by atoms with Crippen molar-refractivity contribution >= 4 is 10.2 Å². The van der Waals surface area contributed by atoms with Crippen molar-refractivity contribution in [3.05, 3.63) is 65.5 Å². The van der Waals surface area contributed by atoms with E-state index in [4.69, 9.17) is 0 Å². The number of rotatable bonds is 5. The summed E-state index contributed by atoms with van der Waals surface area (Å²) in [6.45, 7) is 3.45. The van der Waals surface area contributed by atoms with E-state index in [-0.39, 0.29) is 6.04 Å². The molecule has 0 bridgehead atoms. The van der Waals surface area contributed by atoms with Crippen LogP contribution in [0.4, 0.5) is 0 Å². The van der Waals surface area contributed by atoms with Crippen LogP contribution in [0.15, 0.2) is 48.7 Å². The number of benzene rings is 1. The third-order valence-electron chi connectivity index (χ3n) is 5.37. The average molecular weight is 387 g/mol. The van der Waals surface area contributed by atoms with E-state index in [1.807, 2.05) is 36.4 Å². The van der Waals surface area contributed by atoms with Crippen molar-refractivity contribution < 1.29 is 8.42 Å². The molecule has 4 rings (SSSR count). The van der Waals surface area contributed by atoms with Crippen molar-refractivity contribution in [3.63, 3.8) is 0 Å². The summed E-state index contributed by atoms with van der Waals surface area (Å²) in [5, 5.41) is 0. The molecule has 0 spiro atoms. The monoisotopic (exact) mass is 386 g/mol. The first-order valence-electron chi connectivity index (χ1n) is 9.56. The molecule has 0 amide bonds. The largest absolute Gasteiger partial charge is 0.296 e. The second-order valence-electron chi connectivity index (χ2n) is 7.37. The maximum atomic E-state index is 12.9. The molecule has 7 heteroatoms. The topological polar surface area (TPSA) is 65.5 Å². The summed E-state index contributed by atoms with van der Waals surface area (Å²) < 4.78 is 30.3. The standard InChI is InChI=1S/C20H26N4O2S/c25-27(26,24-13-10-17-6-1-2-7-18(17)14-24)22-20-9-5-12-23(16-20)15-19-8-3-4-11-21-19/h1-4,6-8,11,20,22H,5,9-10,12-16H2/t20-/m0/s1. The summed E-state index contributed by atoms with van der Waals surface area (Å²) in [6.07, 6.45) is 4.44. The lowest BCUT2D eigenvalue weighted by atomic mass is 10.0. The van der Waals surface area contributed by atoms with E-state index in [1.165, 1.54) is 5.56 Å². The molecule has 3 heterocycles. The van der Waals surface area contributed by atoms with E-state index < -0.39 is 10.2 Å². The van der Waals surface area contributed by atoms with Crippen LogP contribution in [0.5, 0.6) is 0 Å². The van der Waals surface area contributed by atoms with Gasteiger partial charge in [-0.1, -0.05) is 30.3 Å². The molecule has 144 valence electrons. The van der Waals surface area contributed by atoms with Crippen LogP contribution in [0.25, 0.3) is 0 Å². The second kappa shape index (κ2) is 8.06. The summed E-state index contributed by atoms with van der Waals surface area (Å²) in [4.78, 5) is 6.66. The lowest BCUT2D eigenvalue weighted by Crippen LogP contribution is -2.52. The van der Waals surface area contributed by atoms with Crippen LogP contribution in [-0.2, 0) is 29.7 Å². The summed E-state index contributed by atoms with van der Waals surface area (Å²) in [6, 6.07) is 13.9. The molecule has 1 atom stereocenters. The Balaban J connectivity index is 1.38. The van der Waals surface area contributed by atoms with Crippen molar-refractivity contribution in [3.8, 4) is 0 Å². The van der Waals surface area contributed by atoms with E-state index in [2.05, 4.69) is 20.7 Å². The molecule has 2 aliphatic rings. The number of aromatic nitrogens is 1. The van der Waals surface area contributed by atoms with Gasteiger partial charge in [-0.3, -0.25) is 9.88 Å². The summed E-state index contributed by atoms with van der Waals surface area (Å²) in [5.41, 5.74) is 3.38. The van der Waals surface area contributed by atoms with Crippen LogP contribution < -0.4 is 4.72 Å². The predicted molar refractivity (Wildman–Crippen MR) is 105 cm³/mol. The number of piperidine rings is 1. The molecule has 27 heavy (non-hydrogen) atoms. The molecule has 0 radical (unpaired) electrons. The Morgan fingerprint density at radius 1 is 1.07 bits per heavy atom.